The van der Waals surface area contributed by atoms with Gasteiger partial charge >= 0.3 is 6.03 Å². The van der Waals surface area contributed by atoms with Gasteiger partial charge in [-0.3, -0.25) is 4.90 Å². The van der Waals surface area contributed by atoms with Gasteiger partial charge in [-0.25, -0.2) is 9.78 Å². The zero-order valence-electron chi connectivity index (χ0n) is 8.62. The van der Waals surface area contributed by atoms with Crippen molar-refractivity contribution in [2.24, 2.45) is 10.7 Å². The minimum absolute atomic E-state index is 0.248. The summed E-state index contributed by atoms with van der Waals surface area (Å²) in [5, 5.41) is 1.84. The molecule has 2 atom stereocenters. The van der Waals surface area contributed by atoms with Crippen LogP contribution in [0.5, 0.6) is 0 Å². The van der Waals surface area contributed by atoms with Gasteiger partial charge in [-0.15, -0.1) is 17.8 Å². The molecule has 1 aromatic heterocycles. The van der Waals surface area contributed by atoms with Gasteiger partial charge in [0.2, 0.25) is 0 Å². The van der Waals surface area contributed by atoms with E-state index in [1.165, 1.54) is 16.2 Å². The molecule has 0 radical (unpaired) electrons. The third-order valence-electron chi connectivity index (χ3n) is 2.39. The van der Waals surface area contributed by atoms with Crippen molar-refractivity contribution < 1.29 is 4.79 Å². The number of aliphatic imine (C=N–C) groups is 1. The molecule has 82 valence electrons. The highest BCUT2D eigenvalue weighted by Gasteiger charge is 2.38. The number of terminal acetylenes is 1. The van der Waals surface area contributed by atoms with Gasteiger partial charge in [-0.2, -0.15) is 4.99 Å². The first-order valence-electron chi connectivity index (χ1n) is 4.65. The Morgan fingerprint density at radius 1 is 1.75 bits per heavy atom. The second-order valence-corrected chi connectivity index (χ2v) is 4.10. The van der Waals surface area contributed by atoms with E-state index in [4.69, 9.17) is 12.2 Å². The van der Waals surface area contributed by atoms with Gasteiger partial charge in [-0.05, 0) is 6.92 Å². The molecular formula is C10H10N4OS. The van der Waals surface area contributed by atoms with Gasteiger partial charge in [0.05, 0.1) is 17.2 Å². The molecule has 2 amide bonds. The van der Waals surface area contributed by atoms with E-state index in [2.05, 4.69) is 15.9 Å². The smallest absolute Gasteiger partial charge is 0.347 e. The number of thiazole rings is 1. The summed E-state index contributed by atoms with van der Waals surface area (Å²) in [5.74, 6) is 2.75. The molecule has 0 spiro atoms. The molecule has 0 bridgehead atoms. The van der Waals surface area contributed by atoms with Crippen molar-refractivity contribution in [1.29, 1.82) is 0 Å². The second-order valence-electron chi connectivity index (χ2n) is 3.38. The Labute approximate surface area is 97.0 Å². The van der Waals surface area contributed by atoms with Gasteiger partial charge in [0, 0.05) is 5.38 Å². The lowest BCUT2D eigenvalue weighted by atomic mass is 10.1. The number of urea groups is 1. The molecule has 0 saturated carbocycles. The molecule has 1 aromatic rings. The average molecular weight is 234 g/mol. The molecule has 1 aliphatic rings. The molecule has 5 nitrogen and oxygen atoms in total. The number of rotatable bonds is 2. The van der Waals surface area contributed by atoms with Crippen LogP contribution in [0.1, 0.15) is 18.7 Å². The van der Waals surface area contributed by atoms with E-state index < -0.39 is 12.1 Å². The van der Waals surface area contributed by atoms with Crippen LogP contribution in [0.25, 0.3) is 0 Å². The van der Waals surface area contributed by atoms with Crippen molar-refractivity contribution in [2.75, 3.05) is 0 Å². The van der Waals surface area contributed by atoms with Crippen molar-refractivity contribution in [3.05, 3.63) is 16.6 Å². The average Bonchev–Trinajstić information content (AvgIpc) is 2.84. The van der Waals surface area contributed by atoms with Crippen LogP contribution in [0.2, 0.25) is 0 Å². The second kappa shape index (κ2) is 3.94. The zero-order valence-corrected chi connectivity index (χ0v) is 9.44. The molecular weight excluding hydrogens is 224 g/mol. The summed E-state index contributed by atoms with van der Waals surface area (Å²) in [7, 11) is 0. The van der Waals surface area contributed by atoms with Crippen LogP contribution in [0.4, 0.5) is 4.79 Å². The lowest BCUT2D eigenvalue weighted by molar-refractivity contribution is 0.198. The Morgan fingerprint density at radius 3 is 3.06 bits per heavy atom. The molecule has 0 aromatic carbocycles. The van der Waals surface area contributed by atoms with Crippen LogP contribution in [-0.2, 0) is 0 Å². The number of aromatic nitrogens is 1. The highest BCUT2D eigenvalue weighted by molar-refractivity contribution is 7.07. The van der Waals surface area contributed by atoms with Crippen molar-refractivity contribution in [2.45, 2.75) is 19.0 Å². The van der Waals surface area contributed by atoms with Crippen molar-refractivity contribution in [3.8, 4) is 12.3 Å². The lowest BCUT2D eigenvalue weighted by Gasteiger charge is -2.25. The summed E-state index contributed by atoms with van der Waals surface area (Å²) in [6.45, 7) is 1.76. The summed E-state index contributed by atoms with van der Waals surface area (Å²) < 4.78 is 0. The predicted molar refractivity (Wildman–Crippen MR) is 62.0 cm³/mol. The minimum atomic E-state index is -0.426. The fourth-order valence-corrected chi connectivity index (χ4v) is 2.18. The highest BCUT2D eigenvalue weighted by atomic mass is 32.1. The predicted octanol–water partition coefficient (Wildman–Crippen LogP) is 0.999. The quantitative estimate of drug-likeness (QED) is 0.776. The first-order chi connectivity index (χ1) is 7.65. The SMILES string of the molecule is C#CC(C)N1C(=O)N=C(N)C1c1cscn1. The van der Waals surface area contributed by atoms with Crippen LogP contribution >= 0.6 is 11.3 Å². The summed E-state index contributed by atoms with van der Waals surface area (Å²) in [4.78, 5) is 21.0. The van der Waals surface area contributed by atoms with Crippen molar-refractivity contribution in [1.82, 2.24) is 9.88 Å². The molecule has 6 heteroatoms. The summed E-state index contributed by atoms with van der Waals surface area (Å²) in [5.41, 5.74) is 8.12. The Kier molecular flexibility index (Phi) is 2.62. The van der Waals surface area contributed by atoms with E-state index >= 15 is 0 Å². The van der Waals surface area contributed by atoms with Crippen LogP contribution < -0.4 is 5.73 Å². The van der Waals surface area contributed by atoms with Gasteiger partial charge in [0.1, 0.15) is 11.9 Å². The van der Waals surface area contributed by atoms with Crippen molar-refractivity contribution >= 4 is 23.2 Å². The topological polar surface area (TPSA) is 71.6 Å². The number of nitrogens with zero attached hydrogens (tertiary/aromatic N) is 3. The molecule has 1 aliphatic heterocycles. The monoisotopic (exact) mass is 234 g/mol. The number of amides is 2. The molecule has 0 aliphatic carbocycles. The third kappa shape index (κ3) is 1.55. The minimum Gasteiger partial charge on any atom is -0.385 e. The van der Waals surface area contributed by atoms with Crippen LogP contribution in [0.15, 0.2) is 15.9 Å². The van der Waals surface area contributed by atoms with E-state index in [0.717, 1.165) is 0 Å². The molecule has 2 heterocycles. The van der Waals surface area contributed by atoms with Crippen LogP contribution in [0, 0.1) is 12.3 Å². The molecule has 0 fully saturated rings. The number of amidine groups is 1. The number of nitrogens with two attached hydrogens (primary N) is 1. The van der Waals surface area contributed by atoms with E-state index in [0.29, 0.717) is 5.69 Å². The Morgan fingerprint density at radius 2 is 2.50 bits per heavy atom. The Bertz CT molecular complexity index is 474. The standard InChI is InChI=1S/C10H10N4OS/c1-3-6(2)14-8(7-4-16-5-12-7)9(11)13-10(14)15/h1,4-6,8H,2H3,(H2,11,13,15). The maximum atomic E-state index is 11.6. The summed E-state index contributed by atoms with van der Waals surface area (Å²) in [6, 6.07) is -1.19. The zero-order chi connectivity index (χ0) is 11.7. The van der Waals surface area contributed by atoms with Gasteiger partial charge in [-0.1, -0.05) is 5.92 Å². The summed E-state index contributed by atoms with van der Waals surface area (Å²) >= 11 is 1.44. The highest BCUT2D eigenvalue weighted by Crippen LogP contribution is 2.28. The van der Waals surface area contributed by atoms with E-state index in [9.17, 15) is 4.79 Å². The molecule has 2 unspecified atom stereocenters. The number of carbonyl (C=O) groups excluding carboxylic acids is 1. The fraction of sp³-hybridized carbons (Fsp3) is 0.300. The van der Waals surface area contributed by atoms with E-state index in [1.54, 1.807) is 12.4 Å². The number of carbonyl (C=O) groups is 1. The summed E-state index contributed by atoms with van der Waals surface area (Å²) in [6.07, 6.45) is 5.32. The molecule has 2 N–H and O–H groups in total. The van der Waals surface area contributed by atoms with E-state index in [1.807, 2.05) is 5.38 Å². The fourth-order valence-electron chi connectivity index (χ4n) is 1.60. The van der Waals surface area contributed by atoms with Gasteiger partial charge in [0.15, 0.2) is 0 Å². The lowest BCUT2D eigenvalue weighted by Crippen LogP contribution is -2.39. The Balaban J connectivity index is 2.38. The van der Waals surface area contributed by atoms with Crippen LogP contribution in [0.3, 0.4) is 0 Å². The van der Waals surface area contributed by atoms with Crippen molar-refractivity contribution in [3.63, 3.8) is 0 Å². The van der Waals surface area contributed by atoms with E-state index in [-0.39, 0.29) is 11.9 Å². The maximum absolute atomic E-state index is 11.6. The number of hydrogen-bond donors (Lipinski definition) is 1. The normalized spacial score (nSPS) is 21.8. The van der Waals surface area contributed by atoms with Gasteiger partial charge in [0.25, 0.3) is 0 Å². The van der Waals surface area contributed by atoms with Gasteiger partial charge < -0.3 is 5.73 Å². The number of hydrogen-bond acceptors (Lipinski definition) is 4. The molecule has 0 saturated heterocycles. The third-order valence-corrected chi connectivity index (χ3v) is 3.00. The molecule has 2 rings (SSSR count). The van der Waals surface area contributed by atoms with Crippen LogP contribution in [-0.4, -0.2) is 27.8 Å². The Hall–Kier alpha value is -1.87. The largest absolute Gasteiger partial charge is 0.385 e. The molecule has 16 heavy (non-hydrogen) atoms. The first-order valence-corrected chi connectivity index (χ1v) is 5.60. The maximum Gasteiger partial charge on any atom is 0.347 e. The first kappa shape index (κ1) is 10.6.